The maximum Gasteiger partial charge on any atom is 0.243 e. The summed E-state index contributed by atoms with van der Waals surface area (Å²) in [6.45, 7) is 12.0. The molecule has 1 atom stereocenters. The third kappa shape index (κ3) is 10.0. The number of carbonyl (C=O) groups excluding carboxylic acids is 1. The molecule has 0 aromatic rings. The van der Waals surface area contributed by atoms with Crippen LogP contribution in [0.15, 0.2) is 17.1 Å². The van der Waals surface area contributed by atoms with Crippen LogP contribution in [-0.2, 0) is 4.79 Å². The number of amides is 1. The van der Waals surface area contributed by atoms with Crippen LogP contribution in [0.1, 0.15) is 39.5 Å². The van der Waals surface area contributed by atoms with Crippen molar-refractivity contribution in [2.24, 2.45) is 4.99 Å². The fourth-order valence-electron chi connectivity index (χ4n) is 2.83. The Morgan fingerprint density at radius 1 is 1.32 bits per heavy atom. The first-order valence-electron chi connectivity index (χ1n) is 9.04. The normalized spacial score (nSPS) is 18.2. The number of likely N-dealkylation sites (tertiary alicyclic amines) is 1. The summed E-state index contributed by atoms with van der Waals surface area (Å²) in [5, 5.41) is 6.57. The van der Waals surface area contributed by atoms with E-state index in [2.05, 4.69) is 34.0 Å². The molecule has 6 nitrogen and oxygen atoms in total. The average Bonchev–Trinajstić information content (AvgIpc) is 2.56. The minimum absolute atomic E-state index is 0. The second-order valence-electron chi connectivity index (χ2n) is 6.78. The van der Waals surface area contributed by atoms with Gasteiger partial charge < -0.3 is 15.5 Å². The van der Waals surface area contributed by atoms with Gasteiger partial charge in [-0.05, 0) is 32.7 Å². The molecule has 1 aliphatic heterocycles. The number of aliphatic imine (C=N–C) groups is 1. The maximum absolute atomic E-state index is 11.7. The summed E-state index contributed by atoms with van der Waals surface area (Å²) in [5.74, 6) is 0.673. The fourth-order valence-corrected chi connectivity index (χ4v) is 2.83. The fraction of sp³-hybridized carbons (Fsp3) is 0.778. The summed E-state index contributed by atoms with van der Waals surface area (Å²) in [5.41, 5.74) is 1.03. The number of guanidine groups is 1. The zero-order valence-corrected chi connectivity index (χ0v) is 18.6. The molecule has 0 aromatic carbocycles. The van der Waals surface area contributed by atoms with E-state index >= 15 is 0 Å². The Bertz CT molecular complexity index is 439. The van der Waals surface area contributed by atoms with Gasteiger partial charge in [0.05, 0.1) is 0 Å². The van der Waals surface area contributed by atoms with Crippen LogP contribution in [0, 0.1) is 0 Å². The van der Waals surface area contributed by atoms with Gasteiger partial charge in [0.2, 0.25) is 5.91 Å². The summed E-state index contributed by atoms with van der Waals surface area (Å²) >= 11 is 0. The molecule has 0 bridgehead atoms. The van der Waals surface area contributed by atoms with E-state index in [9.17, 15) is 4.79 Å². The third-order valence-electron chi connectivity index (χ3n) is 4.34. The van der Waals surface area contributed by atoms with E-state index in [0.29, 0.717) is 18.5 Å². The van der Waals surface area contributed by atoms with E-state index in [1.54, 1.807) is 19.0 Å². The Morgan fingerprint density at radius 3 is 2.64 bits per heavy atom. The first-order valence-corrected chi connectivity index (χ1v) is 9.04. The van der Waals surface area contributed by atoms with E-state index in [1.807, 2.05) is 6.92 Å². The highest BCUT2D eigenvalue weighted by Crippen LogP contribution is 2.18. The molecular weight excluding hydrogens is 429 g/mol. The first-order chi connectivity index (χ1) is 11.4. The number of piperidine rings is 1. The highest BCUT2D eigenvalue weighted by atomic mass is 127. The predicted octanol–water partition coefficient (Wildman–Crippen LogP) is 2.07. The van der Waals surface area contributed by atoms with Gasteiger partial charge in [-0.2, -0.15) is 0 Å². The number of rotatable bonds is 8. The topological polar surface area (TPSA) is 60.0 Å². The third-order valence-corrected chi connectivity index (χ3v) is 4.34. The van der Waals surface area contributed by atoms with Gasteiger partial charge in [-0.15, -0.1) is 24.0 Å². The monoisotopic (exact) mass is 465 g/mol. The quantitative estimate of drug-likeness (QED) is 0.250. The van der Waals surface area contributed by atoms with Crippen LogP contribution in [0.3, 0.4) is 0 Å². The summed E-state index contributed by atoms with van der Waals surface area (Å²) in [6, 6.07) is 0.708. The van der Waals surface area contributed by atoms with Crippen molar-refractivity contribution >= 4 is 35.8 Å². The largest absolute Gasteiger partial charge is 0.355 e. The van der Waals surface area contributed by atoms with Crippen molar-refractivity contribution in [2.75, 3.05) is 46.8 Å². The van der Waals surface area contributed by atoms with Crippen LogP contribution < -0.4 is 10.6 Å². The SMILES string of the molecule is C=C(C)CNC(=NCC(=O)N(C)C)NCCN1CCCCC1CC.I. The van der Waals surface area contributed by atoms with Gasteiger partial charge in [0.15, 0.2) is 5.96 Å². The molecule has 25 heavy (non-hydrogen) atoms. The van der Waals surface area contributed by atoms with Gasteiger partial charge in [-0.1, -0.05) is 25.5 Å². The number of hydrogen-bond acceptors (Lipinski definition) is 3. The van der Waals surface area contributed by atoms with Gasteiger partial charge in [-0.3, -0.25) is 9.69 Å². The molecule has 1 aliphatic rings. The summed E-state index contributed by atoms with van der Waals surface area (Å²) in [7, 11) is 3.49. The maximum atomic E-state index is 11.7. The molecule has 1 saturated heterocycles. The van der Waals surface area contributed by atoms with Crippen molar-refractivity contribution in [3.63, 3.8) is 0 Å². The number of hydrogen-bond donors (Lipinski definition) is 2. The van der Waals surface area contributed by atoms with Gasteiger partial charge in [0.1, 0.15) is 6.54 Å². The average molecular weight is 465 g/mol. The van der Waals surface area contributed by atoms with E-state index in [-0.39, 0.29) is 36.4 Å². The van der Waals surface area contributed by atoms with E-state index in [0.717, 1.165) is 18.7 Å². The lowest BCUT2D eigenvalue weighted by Crippen LogP contribution is -2.46. The number of halogens is 1. The molecule has 0 spiro atoms. The van der Waals surface area contributed by atoms with Gasteiger partial charge in [0, 0.05) is 39.8 Å². The first kappa shape index (κ1) is 24.2. The number of nitrogens with one attached hydrogen (secondary N) is 2. The minimum atomic E-state index is -0.00602. The Labute approximate surface area is 170 Å². The zero-order valence-electron chi connectivity index (χ0n) is 16.3. The Hall–Kier alpha value is -0.830. The lowest BCUT2D eigenvalue weighted by molar-refractivity contribution is -0.127. The second kappa shape index (κ2) is 13.4. The Kier molecular flexibility index (Phi) is 12.9. The molecule has 0 saturated carbocycles. The van der Waals surface area contributed by atoms with Crippen LogP contribution in [0.4, 0.5) is 0 Å². The summed E-state index contributed by atoms with van der Waals surface area (Å²) in [4.78, 5) is 20.2. The van der Waals surface area contributed by atoms with Crippen LogP contribution in [0.5, 0.6) is 0 Å². The Morgan fingerprint density at radius 2 is 2.04 bits per heavy atom. The molecule has 1 rings (SSSR count). The molecule has 0 aliphatic carbocycles. The number of carbonyl (C=O) groups is 1. The van der Waals surface area contributed by atoms with Gasteiger partial charge in [-0.25, -0.2) is 4.99 Å². The smallest absolute Gasteiger partial charge is 0.243 e. The Balaban J connectivity index is 0.00000576. The van der Waals surface area contributed by atoms with Crippen molar-refractivity contribution in [3.8, 4) is 0 Å². The zero-order chi connectivity index (χ0) is 17.9. The summed E-state index contributed by atoms with van der Waals surface area (Å²) < 4.78 is 0. The minimum Gasteiger partial charge on any atom is -0.355 e. The van der Waals surface area contributed by atoms with E-state index < -0.39 is 0 Å². The molecule has 7 heteroatoms. The molecule has 1 fully saturated rings. The van der Waals surface area contributed by atoms with Crippen molar-refractivity contribution in [1.29, 1.82) is 0 Å². The highest BCUT2D eigenvalue weighted by Gasteiger charge is 2.19. The van der Waals surface area contributed by atoms with Crippen LogP contribution in [0.25, 0.3) is 0 Å². The van der Waals surface area contributed by atoms with Crippen LogP contribution in [-0.4, -0.2) is 74.5 Å². The highest BCUT2D eigenvalue weighted by molar-refractivity contribution is 14.0. The molecular formula is C18H36IN5O. The van der Waals surface area contributed by atoms with E-state index in [4.69, 9.17) is 0 Å². The van der Waals surface area contributed by atoms with Crippen LogP contribution >= 0.6 is 24.0 Å². The van der Waals surface area contributed by atoms with Crippen molar-refractivity contribution in [3.05, 3.63) is 12.2 Å². The summed E-state index contributed by atoms with van der Waals surface area (Å²) in [6.07, 6.45) is 5.17. The van der Waals surface area contributed by atoms with E-state index in [1.165, 1.54) is 32.2 Å². The molecule has 1 unspecified atom stereocenters. The second-order valence-corrected chi connectivity index (χ2v) is 6.78. The molecule has 146 valence electrons. The van der Waals surface area contributed by atoms with Crippen molar-refractivity contribution in [2.45, 2.75) is 45.6 Å². The number of nitrogens with zero attached hydrogens (tertiary/aromatic N) is 3. The molecule has 0 radical (unpaired) electrons. The van der Waals surface area contributed by atoms with Crippen LogP contribution in [0.2, 0.25) is 0 Å². The van der Waals surface area contributed by atoms with Gasteiger partial charge >= 0.3 is 0 Å². The predicted molar refractivity (Wildman–Crippen MR) is 117 cm³/mol. The molecule has 0 aromatic heterocycles. The number of likely N-dealkylation sites (N-methyl/N-ethyl adjacent to an activating group) is 1. The lowest BCUT2D eigenvalue weighted by atomic mass is 10.0. The van der Waals surface area contributed by atoms with Gasteiger partial charge in [0.25, 0.3) is 0 Å². The van der Waals surface area contributed by atoms with Crippen molar-refractivity contribution in [1.82, 2.24) is 20.4 Å². The molecule has 2 N–H and O–H groups in total. The lowest BCUT2D eigenvalue weighted by Gasteiger charge is -2.35. The standard InChI is InChI=1S/C18H35N5O.HI/c1-6-16-9-7-8-11-23(16)12-10-19-18(20-13-15(2)3)21-14-17(24)22(4)5;/h16H,2,6-14H2,1,3-5H3,(H2,19,20,21);1H. The molecule has 1 amide bonds. The molecule has 1 heterocycles. The van der Waals surface area contributed by atoms with Crippen molar-refractivity contribution < 1.29 is 4.79 Å².